The zero-order valence-electron chi connectivity index (χ0n) is 128. The zero-order chi connectivity index (χ0) is 138. The maximum Gasteiger partial charge on any atom is 0.164 e. The van der Waals surface area contributed by atoms with Crippen molar-refractivity contribution in [3.8, 4) is 108 Å². The summed E-state index contributed by atoms with van der Waals surface area (Å²) in [5.74, 6) is -5.97. The lowest BCUT2D eigenvalue weighted by atomic mass is 10.0. The lowest BCUT2D eigenvalue weighted by Gasteiger charge is -2.13. The Hall–Kier alpha value is -16.2. The first-order valence-electron chi connectivity index (χ1n) is 69.0. The maximum absolute atomic E-state index is 10.1. The van der Waals surface area contributed by atoms with E-state index < -0.39 is 616 Å². The summed E-state index contributed by atoms with van der Waals surface area (Å²) in [6.45, 7) is 2.59. The van der Waals surface area contributed by atoms with Crippen molar-refractivity contribution < 1.29 is 91.8 Å². The normalized spacial score (nSPS) is 19.5. The second kappa shape index (κ2) is 28.9. The van der Waals surface area contributed by atoms with Gasteiger partial charge in [0.15, 0.2) is 34.9 Å². The Labute approximate surface area is 790 Å². The Morgan fingerprint density at radius 2 is 0.372 bits per heavy atom. The van der Waals surface area contributed by atoms with Crippen LogP contribution >= 0.6 is 0 Å². The molecular formula is C110H73N11. The minimum atomic E-state index is -1.21. The van der Waals surface area contributed by atoms with Crippen molar-refractivity contribution in [3.05, 3.63) is 416 Å². The van der Waals surface area contributed by atoms with E-state index in [1.54, 1.807) is 0 Å². The summed E-state index contributed by atoms with van der Waals surface area (Å²) in [7, 11) is 0. The molecule has 24 aromatic rings. The number of hydrogen-bond donors (Lipinski definition) is 0. The molecule has 11 heteroatoms. The predicted molar refractivity (Wildman–Crippen MR) is 499 cm³/mol. The summed E-state index contributed by atoms with van der Waals surface area (Å²) in [5, 5.41) is -5.62. The number of hydrogen-bond acceptors (Lipinski definition) is 6. The summed E-state index contributed by atoms with van der Waals surface area (Å²) in [5.41, 5.74) is -18.3. The molecule has 0 aliphatic rings. The number of fused-ring (bicyclic) bond motifs is 15. The molecule has 0 aliphatic carbocycles. The topological polar surface area (TPSA) is 102 Å². The number of para-hydroxylation sites is 7. The summed E-state index contributed by atoms with van der Waals surface area (Å²) in [6, 6.07) is -63.3. The van der Waals surface area contributed by atoms with Crippen LogP contribution in [-0.2, 0) is 0 Å². The van der Waals surface area contributed by atoms with Crippen LogP contribution in [0.25, 0.3) is 217 Å². The van der Waals surface area contributed by atoms with Crippen LogP contribution in [-0.4, -0.2) is 52.7 Å². The summed E-state index contributed by atoms with van der Waals surface area (Å²) < 4.78 is 612. The van der Waals surface area contributed by atoms with Crippen LogP contribution in [0.2, 0.25) is 0 Å². The highest BCUT2D eigenvalue weighted by Gasteiger charge is 2.23. The fourth-order valence-electron chi connectivity index (χ4n) is 13.7. The largest absolute Gasteiger partial charge is 0.309 e. The Bertz CT molecular complexity index is 12300. The van der Waals surface area contributed by atoms with Gasteiger partial charge in [-0.2, -0.15) is 0 Å². The molecule has 0 atom stereocenters. The predicted octanol–water partition coefficient (Wildman–Crippen LogP) is 27.5. The van der Waals surface area contributed by atoms with Gasteiger partial charge in [-0.05, 0) is 152 Å². The molecule has 7 heterocycles. The molecule has 7 aromatic heterocycles. The van der Waals surface area contributed by atoms with Crippen LogP contribution in [0.5, 0.6) is 0 Å². The molecular weight excluding hydrogens is 1480 g/mol. The molecule has 11 nitrogen and oxygen atoms in total. The molecule has 0 saturated heterocycles. The molecule has 0 spiro atoms. The van der Waals surface area contributed by atoms with Crippen molar-refractivity contribution in [2.45, 2.75) is 13.8 Å². The number of aromatic nitrogens is 11. The van der Waals surface area contributed by atoms with Crippen LogP contribution < -0.4 is 0 Å². The van der Waals surface area contributed by atoms with Crippen molar-refractivity contribution >= 4 is 109 Å². The van der Waals surface area contributed by atoms with E-state index in [0.29, 0.717) is 9.13 Å². The van der Waals surface area contributed by atoms with Gasteiger partial charge in [0.1, 0.15) is 0 Å². The highest BCUT2D eigenvalue weighted by atomic mass is 15.1. The van der Waals surface area contributed by atoms with Gasteiger partial charge in [-0.3, -0.25) is 0 Å². The van der Waals surface area contributed by atoms with Crippen LogP contribution in [0.3, 0.4) is 0 Å². The first-order chi connectivity index (χ1) is 87.7. The molecule has 24 rings (SSSR count). The lowest BCUT2D eigenvalue weighted by Crippen LogP contribution is -2.02. The fraction of sp³-hybridized carbons (Fsp3) is 0.0182. The van der Waals surface area contributed by atoms with Gasteiger partial charge in [-0.1, -0.05) is 289 Å². The van der Waals surface area contributed by atoms with Crippen molar-refractivity contribution in [2.75, 3.05) is 0 Å². The summed E-state index contributed by atoms with van der Waals surface area (Å²) in [6.07, 6.45) is 0. The molecule has 0 fully saturated rings. The Morgan fingerprint density at radius 1 is 0.157 bits per heavy atom. The number of benzene rings is 17. The first-order valence-corrected chi connectivity index (χ1v) is 35.5. The molecule has 568 valence electrons. The molecule has 17 aromatic carbocycles. The van der Waals surface area contributed by atoms with Gasteiger partial charge in [0.25, 0.3) is 0 Å². The van der Waals surface area contributed by atoms with Crippen LogP contribution in [0, 0.1) is 13.8 Å². The smallest absolute Gasteiger partial charge is 0.164 e. The third kappa shape index (κ3) is 12.1. The molecule has 0 bridgehead atoms. The highest BCUT2D eigenvalue weighted by Crippen LogP contribution is 2.43. The SMILES string of the molecule is [2H]c1c([2H])c([2H])c(-c2nc(-c3c([2H])c([2H])c(-c4c([2H])c([2H])c(C)c([2H])c4[2H])c([2H])c3[2H])nc(-c3c([2H])c([2H])c([2H])c(-n4c5c([2H])c([2H])c([2H])c([2H])c5c5c([2H])c(-n6c7c([2H])c([2H])c([2H])c([2H])c7c7c([2H])c([2H])c([2H])c([2H])c76)c([2H])c([2H])c54)c3[2H])n2)c([2H])c1[2H].[2H]c1c([2H])c([2H])c(-c2nc(-c3c([2H])c([2H])c([2H])c(-n4c5c([2H])c([2H])c([2H])c([2H])c5c5c([2H])c(C)c([2H])c([2H])c54)c3[2H])nc(-c3c([2H])c([2H])c([2H])c(-n4c5c([2H])c([2H])c([2H])c([2H])c5c5c([2H])c(-n6c7c([2H])c([2H])c([2H])c([2H])c7c7c([2H])c([2H])c([2H])c([2H])c76)c([2H])c([2H])c54)c3[2H])n2)c([2H])c1[2H]. The van der Waals surface area contributed by atoms with Crippen molar-refractivity contribution in [2.24, 2.45) is 0 Å². The molecule has 0 radical (unpaired) electrons. The van der Waals surface area contributed by atoms with Crippen LogP contribution in [0.4, 0.5) is 0 Å². The van der Waals surface area contributed by atoms with Crippen molar-refractivity contribution in [3.63, 3.8) is 0 Å². The average Bonchev–Trinajstić information content (AvgIpc) is 1.52. The van der Waals surface area contributed by atoms with Gasteiger partial charge < -0.3 is 22.8 Å². The molecule has 0 N–H and O–H groups in total. The van der Waals surface area contributed by atoms with E-state index in [0.717, 1.165) is 13.7 Å². The highest BCUT2D eigenvalue weighted by molar-refractivity contribution is 6.15. The van der Waals surface area contributed by atoms with Gasteiger partial charge in [0.05, 0.1) is 147 Å². The summed E-state index contributed by atoms with van der Waals surface area (Å²) in [4.78, 5) is 26.1. The quantitative estimate of drug-likeness (QED) is 0.121. The average molecular weight is 1620 g/mol. The minimum Gasteiger partial charge on any atom is -0.309 e. The van der Waals surface area contributed by atoms with E-state index in [2.05, 4.69) is 29.9 Å². The van der Waals surface area contributed by atoms with E-state index in [9.17, 15) is 34.3 Å². The summed E-state index contributed by atoms with van der Waals surface area (Å²) >= 11 is 0. The van der Waals surface area contributed by atoms with E-state index in [-0.39, 0.29) is 16.5 Å². The third-order valence-electron chi connectivity index (χ3n) is 18.8. The molecule has 0 aliphatic heterocycles. The van der Waals surface area contributed by atoms with Gasteiger partial charge >= 0.3 is 0 Å². The molecule has 0 unspecified atom stereocenters. The Morgan fingerprint density at radius 3 is 0.694 bits per heavy atom. The van der Waals surface area contributed by atoms with Gasteiger partial charge in [0, 0.05) is 116 Å². The third-order valence-corrected chi connectivity index (χ3v) is 18.8. The molecule has 0 amide bonds. The monoisotopic (exact) mass is 1620 g/mol. The Kier molecular flexibility index (Phi) is 7.17. The Balaban J connectivity index is 0.000000197. The lowest BCUT2D eigenvalue weighted by molar-refractivity contribution is 1.07. The maximum atomic E-state index is 10.1. The van der Waals surface area contributed by atoms with Gasteiger partial charge in [0.2, 0.25) is 0 Å². The van der Waals surface area contributed by atoms with Gasteiger partial charge in [-0.15, -0.1) is 0 Å². The standard InChI is InChI=1S/C58H38N6.C52H35N5/c1-37-29-31-54-48(33-37)46-23-7-11-27-52(46)62(54)41-19-13-17-39(34-41)57-59-56(38-15-3-2-4-16-38)60-58(61-57)40-18-14-20-42(35-40)63-53-28-12-8-24-47(53)49-36-43(30-32-55(49)63)64-50-25-9-5-21-44(50)45-22-6-10-26-51(45)64;1-34-22-24-35(25-23-34)36-26-28-38(29-27-36)51-53-50(37-12-3-2-4-13-37)54-52(55-51)39-14-11-15-40(32-39)56-48-21-10-7-18-44(48)45-33-41(30-31-49(45)56)57-46-19-8-5-16-42(46)43-17-6-9-20-47(43)57/h2-36H,1H3;2-33H,1H3/i2D,3D,4D,5D,6D,7D,8D,9D,10D,11D,12D,13D,14D,15D,16D,17D,18D,19D,20D,21D,22D,23D,24D,25D,26D,27D,28D,29D,30D,31D,32D,33D,34D,35D,36D;2D,3D,4D,5D,6D,7D,8D,9D,10D,11D,12D,13D,14D,15D,16D,17D,18D,19D,20D,21D,22D,23D,24D,25D,26D,27D,28D,29D,30D,31D,32D,33D. The molecule has 0 saturated carbocycles. The zero-order valence-corrected chi connectivity index (χ0v) is 60.9. The van der Waals surface area contributed by atoms with E-state index in [4.69, 9.17) is 57.6 Å². The minimum absolute atomic E-state index is 0.103. The van der Waals surface area contributed by atoms with Crippen molar-refractivity contribution in [1.82, 2.24) is 52.7 Å². The second-order valence-corrected chi connectivity index (χ2v) is 25.9. The number of rotatable bonds is 12. The van der Waals surface area contributed by atoms with E-state index in [1.807, 2.05) is 0 Å². The van der Waals surface area contributed by atoms with E-state index in [1.165, 1.54) is 13.8 Å². The van der Waals surface area contributed by atoms with Crippen LogP contribution in [0.15, 0.2) is 405 Å². The van der Waals surface area contributed by atoms with Gasteiger partial charge in [-0.25, -0.2) is 29.9 Å². The number of nitrogens with zero attached hydrogens (tertiary/aromatic N) is 11. The fourth-order valence-corrected chi connectivity index (χ4v) is 13.7. The molecule has 121 heavy (non-hydrogen) atoms. The van der Waals surface area contributed by atoms with Crippen molar-refractivity contribution in [1.29, 1.82) is 0 Å². The first kappa shape index (κ1) is 30.0. The second-order valence-electron chi connectivity index (χ2n) is 25.9. The van der Waals surface area contributed by atoms with Crippen LogP contribution in [0.1, 0.15) is 103 Å². The van der Waals surface area contributed by atoms with E-state index >= 15 is 0 Å².